The molecule has 0 bridgehead atoms. The molecule has 60 valence electrons. The molecule has 0 aliphatic carbocycles. The van der Waals surface area contributed by atoms with Crippen LogP contribution < -0.4 is 4.74 Å². The zero-order valence-electron chi connectivity index (χ0n) is 6.60. The van der Waals surface area contributed by atoms with Gasteiger partial charge in [0.15, 0.2) is 0 Å². The summed E-state index contributed by atoms with van der Waals surface area (Å²) in [6.45, 7) is 1.99. The van der Waals surface area contributed by atoms with Gasteiger partial charge in [-0.2, -0.15) is 0 Å². The molecule has 0 amide bonds. The first kappa shape index (κ1) is 8.34. The van der Waals surface area contributed by atoms with Crippen molar-refractivity contribution in [1.82, 2.24) is 4.98 Å². The summed E-state index contributed by atoms with van der Waals surface area (Å²) >= 11 is 5.61. The maximum Gasteiger partial charge on any atom is 0.213 e. The van der Waals surface area contributed by atoms with Crippen LogP contribution in [0, 0.1) is 6.92 Å². The summed E-state index contributed by atoms with van der Waals surface area (Å²) in [6, 6.07) is 3.81. The molecular weight excluding hydrogens is 162 g/mol. The average Bonchev–Trinajstić information content (AvgIpc) is 2.03. The van der Waals surface area contributed by atoms with E-state index >= 15 is 0 Å². The van der Waals surface area contributed by atoms with Crippen LogP contribution in [0.2, 0.25) is 0 Å². The van der Waals surface area contributed by atoms with Gasteiger partial charge in [0.2, 0.25) is 5.88 Å². The molecule has 2 nitrogen and oxygen atoms in total. The van der Waals surface area contributed by atoms with Crippen LogP contribution >= 0.6 is 11.6 Å². The topological polar surface area (TPSA) is 22.1 Å². The normalized spacial score (nSPS) is 9.73. The van der Waals surface area contributed by atoms with Gasteiger partial charge >= 0.3 is 0 Å². The molecule has 0 unspecified atom stereocenters. The molecule has 0 fully saturated rings. The number of methoxy groups -OCH3 is 1. The molecule has 1 aromatic rings. The Morgan fingerprint density at radius 3 is 2.82 bits per heavy atom. The number of halogens is 1. The van der Waals surface area contributed by atoms with Crippen LogP contribution in [-0.4, -0.2) is 12.1 Å². The standard InChI is InChI=1S/C8H10ClNO/c1-6-3-7(5-9)10-8(4-6)11-2/h3-4H,5H2,1-2H3. The summed E-state index contributed by atoms with van der Waals surface area (Å²) in [5, 5.41) is 0. The highest BCUT2D eigenvalue weighted by Gasteiger charge is 1.97. The monoisotopic (exact) mass is 171 g/mol. The van der Waals surface area contributed by atoms with Gasteiger partial charge in [0, 0.05) is 6.07 Å². The number of ether oxygens (including phenoxy) is 1. The molecule has 0 aliphatic rings. The van der Waals surface area contributed by atoms with Crippen molar-refractivity contribution < 1.29 is 4.74 Å². The van der Waals surface area contributed by atoms with Gasteiger partial charge in [-0.3, -0.25) is 0 Å². The number of rotatable bonds is 2. The first-order valence-corrected chi connectivity index (χ1v) is 3.87. The summed E-state index contributed by atoms with van der Waals surface area (Å²) in [5.41, 5.74) is 1.97. The first-order chi connectivity index (χ1) is 5.26. The molecule has 0 radical (unpaired) electrons. The van der Waals surface area contributed by atoms with Crippen LogP contribution in [0.3, 0.4) is 0 Å². The number of aryl methyl sites for hydroxylation is 1. The summed E-state index contributed by atoms with van der Waals surface area (Å²) in [4.78, 5) is 4.12. The second-order valence-corrected chi connectivity index (χ2v) is 2.58. The third kappa shape index (κ3) is 2.09. The SMILES string of the molecule is COc1cc(C)cc(CCl)n1. The Morgan fingerprint density at radius 2 is 2.27 bits per heavy atom. The minimum Gasteiger partial charge on any atom is -0.481 e. The number of alkyl halides is 1. The fourth-order valence-electron chi connectivity index (χ4n) is 0.878. The van der Waals surface area contributed by atoms with E-state index in [0.717, 1.165) is 11.3 Å². The van der Waals surface area contributed by atoms with Crippen molar-refractivity contribution in [2.45, 2.75) is 12.8 Å². The van der Waals surface area contributed by atoms with E-state index in [1.165, 1.54) is 0 Å². The van der Waals surface area contributed by atoms with Gasteiger partial charge in [-0.1, -0.05) is 0 Å². The van der Waals surface area contributed by atoms with E-state index < -0.39 is 0 Å². The van der Waals surface area contributed by atoms with Crippen LogP contribution in [0.25, 0.3) is 0 Å². The second kappa shape index (κ2) is 3.58. The highest BCUT2D eigenvalue weighted by molar-refractivity contribution is 6.16. The molecule has 0 saturated heterocycles. The molecular formula is C8H10ClNO. The van der Waals surface area contributed by atoms with E-state index in [2.05, 4.69) is 4.98 Å². The Labute approximate surface area is 71.2 Å². The zero-order valence-corrected chi connectivity index (χ0v) is 7.35. The molecule has 0 aromatic carbocycles. The van der Waals surface area contributed by atoms with E-state index in [0.29, 0.717) is 11.8 Å². The summed E-state index contributed by atoms with van der Waals surface area (Å²) in [5.74, 6) is 1.05. The van der Waals surface area contributed by atoms with Gasteiger partial charge in [-0.15, -0.1) is 11.6 Å². The first-order valence-electron chi connectivity index (χ1n) is 3.34. The summed E-state index contributed by atoms with van der Waals surface area (Å²) in [7, 11) is 1.60. The molecule has 0 aliphatic heterocycles. The Hall–Kier alpha value is -0.760. The summed E-state index contributed by atoms with van der Waals surface area (Å²) in [6.07, 6.45) is 0. The van der Waals surface area contributed by atoms with Crippen molar-refractivity contribution in [3.8, 4) is 5.88 Å². The van der Waals surface area contributed by atoms with Crippen molar-refractivity contribution in [2.24, 2.45) is 0 Å². The minimum atomic E-state index is 0.429. The summed E-state index contributed by atoms with van der Waals surface area (Å²) < 4.78 is 4.97. The largest absolute Gasteiger partial charge is 0.481 e. The van der Waals surface area contributed by atoms with Crippen LogP contribution in [0.5, 0.6) is 5.88 Å². The molecule has 1 aromatic heterocycles. The highest BCUT2D eigenvalue weighted by Crippen LogP contribution is 2.12. The third-order valence-electron chi connectivity index (χ3n) is 1.35. The fourth-order valence-corrected chi connectivity index (χ4v) is 1.02. The fraction of sp³-hybridized carbons (Fsp3) is 0.375. The van der Waals surface area contributed by atoms with Crippen molar-refractivity contribution in [1.29, 1.82) is 0 Å². The van der Waals surface area contributed by atoms with Gasteiger partial charge in [0.25, 0.3) is 0 Å². The Balaban J connectivity index is 3.02. The maximum absolute atomic E-state index is 5.61. The van der Waals surface area contributed by atoms with Gasteiger partial charge < -0.3 is 4.74 Å². The third-order valence-corrected chi connectivity index (χ3v) is 1.62. The lowest BCUT2D eigenvalue weighted by atomic mass is 10.2. The lowest BCUT2D eigenvalue weighted by Crippen LogP contribution is -1.92. The lowest BCUT2D eigenvalue weighted by Gasteiger charge is -2.01. The predicted octanol–water partition coefficient (Wildman–Crippen LogP) is 2.14. The molecule has 1 rings (SSSR count). The molecule has 11 heavy (non-hydrogen) atoms. The molecule has 0 N–H and O–H groups in total. The number of hydrogen-bond acceptors (Lipinski definition) is 2. The van der Waals surface area contributed by atoms with Gasteiger partial charge in [0.1, 0.15) is 0 Å². The van der Waals surface area contributed by atoms with Crippen LogP contribution in [-0.2, 0) is 5.88 Å². The highest BCUT2D eigenvalue weighted by atomic mass is 35.5. The molecule has 0 atom stereocenters. The van der Waals surface area contributed by atoms with Crippen molar-refractivity contribution in [3.05, 3.63) is 23.4 Å². The maximum atomic E-state index is 5.61. The Bertz CT molecular complexity index is 228. The number of hydrogen-bond donors (Lipinski definition) is 0. The average molecular weight is 172 g/mol. The molecule has 0 spiro atoms. The van der Waals surface area contributed by atoms with Crippen LogP contribution in [0.1, 0.15) is 11.3 Å². The number of pyridine rings is 1. The molecule has 1 heterocycles. The lowest BCUT2D eigenvalue weighted by molar-refractivity contribution is 0.396. The van der Waals surface area contributed by atoms with Crippen molar-refractivity contribution >= 4 is 11.6 Å². The van der Waals surface area contributed by atoms with E-state index in [1.807, 2.05) is 19.1 Å². The number of nitrogens with zero attached hydrogens (tertiary/aromatic N) is 1. The Kier molecular flexibility index (Phi) is 2.71. The van der Waals surface area contributed by atoms with Crippen LogP contribution in [0.15, 0.2) is 12.1 Å². The van der Waals surface area contributed by atoms with E-state index in [9.17, 15) is 0 Å². The van der Waals surface area contributed by atoms with E-state index in [4.69, 9.17) is 16.3 Å². The van der Waals surface area contributed by atoms with Crippen molar-refractivity contribution in [3.63, 3.8) is 0 Å². The van der Waals surface area contributed by atoms with E-state index in [1.54, 1.807) is 7.11 Å². The zero-order chi connectivity index (χ0) is 8.27. The predicted molar refractivity (Wildman–Crippen MR) is 45.1 cm³/mol. The van der Waals surface area contributed by atoms with Gasteiger partial charge in [0.05, 0.1) is 18.7 Å². The second-order valence-electron chi connectivity index (χ2n) is 2.31. The molecule has 3 heteroatoms. The Morgan fingerprint density at radius 1 is 1.55 bits per heavy atom. The smallest absolute Gasteiger partial charge is 0.213 e. The minimum absolute atomic E-state index is 0.429. The van der Waals surface area contributed by atoms with Crippen LogP contribution in [0.4, 0.5) is 0 Å². The van der Waals surface area contributed by atoms with Gasteiger partial charge in [-0.25, -0.2) is 4.98 Å². The van der Waals surface area contributed by atoms with E-state index in [-0.39, 0.29) is 0 Å². The quantitative estimate of drug-likeness (QED) is 0.637. The molecule has 0 saturated carbocycles. The van der Waals surface area contributed by atoms with Gasteiger partial charge in [-0.05, 0) is 18.6 Å². The number of aromatic nitrogens is 1. The van der Waals surface area contributed by atoms with Crippen molar-refractivity contribution in [2.75, 3.05) is 7.11 Å².